The van der Waals surface area contributed by atoms with Crippen molar-refractivity contribution in [3.8, 4) is 5.75 Å². The molecule has 2 aromatic rings. The van der Waals surface area contributed by atoms with E-state index in [-0.39, 0.29) is 0 Å². The van der Waals surface area contributed by atoms with Crippen LogP contribution in [0.5, 0.6) is 5.75 Å². The van der Waals surface area contributed by atoms with Gasteiger partial charge >= 0.3 is 0 Å². The standard InChI is InChI=1S/C14H18ClN3O/c1-3-6-18-10-16-8-12(18)9-17-13-7-11(15)4-5-14(13)19-2/h4-5,7-8,10,17H,3,6,9H2,1-2H3. The lowest BCUT2D eigenvalue weighted by atomic mass is 10.3. The monoisotopic (exact) mass is 279 g/mol. The Balaban J connectivity index is 2.09. The smallest absolute Gasteiger partial charge is 0.142 e. The number of anilines is 1. The van der Waals surface area contributed by atoms with Crippen molar-refractivity contribution >= 4 is 17.3 Å². The summed E-state index contributed by atoms with van der Waals surface area (Å²) in [5.41, 5.74) is 2.03. The molecule has 0 aliphatic heterocycles. The van der Waals surface area contributed by atoms with Crippen molar-refractivity contribution < 1.29 is 4.74 Å². The molecule has 1 aromatic heterocycles. The summed E-state index contributed by atoms with van der Waals surface area (Å²) in [6.45, 7) is 3.82. The van der Waals surface area contributed by atoms with Crippen molar-refractivity contribution in [2.75, 3.05) is 12.4 Å². The van der Waals surface area contributed by atoms with E-state index in [1.807, 2.05) is 30.7 Å². The minimum Gasteiger partial charge on any atom is -0.495 e. The Morgan fingerprint density at radius 3 is 3.00 bits per heavy atom. The lowest BCUT2D eigenvalue weighted by molar-refractivity contribution is 0.416. The molecule has 19 heavy (non-hydrogen) atoms. The van der Waals surface area contributed by atoms with Crippen molar-refractivity contribution in [3.63, 3.8) is 0 Å². The van der Waals surface area contributed by atoms with E-state index in [0.29, 0.717) is 11.6 Å². The number of methoxy groups -OCH3 is 1. The third kappa shape index (κ3) is 3.41. The van der Waals surface area contributed by atoms with Gasteiger partial charge in [0.25, 0.3) is 0 Å². The van der Waals surface area contributed by atoms with Crippen LogP contribution in [0.4, 0.5) is 5.69 Å². The summed E-state index contributed by atoms with van der Waals surface area (Å²) in [5, 5.41) is 4.02. The van der Waals surface area contributed by atoms with Crippen LogP contribution >= 0.6 is 11.6 Å². The number of benzene rings is 1. The van der Waals surface area contributed by atoms with Crippen LogP contribution < -0.4 is 10.1 Å². The van der Waals surface area contributed by atoms with Crippen LogP contribution in [0.2, 0.25) is 5.02 Å². The quantitative estimate of drug-likeness (QED) is 0.879. The van der Waals surface area contributed by atoms with E-state index >= 15 is 0 Å². The van der Waals surface area contributed by atoms with Crippen LogP contribution in [0.15, 0.2) is 30.7 Å². The van der Waals surface area contributed by atoms with E-state index in [9.17, 15) is 0 Å². The molecule has 1 N–H and O–H groups in total. The third-order valence-electron chi connectivity index (χ3n) is 2.88. The third-order valence-corrected chi connectivity index (χ3v) is 3.12. The topological polar surface area (TPSA) is 39.1 Å². The summed E-state index contributed by atoms with van der Waals surface area (Å²) in [7, 11) is 1.65. The zero-order valence-electron chi connectivity index (χ0n) is 11.2. The highest BCUT2D eigenvalue weighted by Crippen LogP contribution is 2.28. The molecule has 1 heterocycles. The van der Waals surface area contributed by atoms with Gasteiger partial charge in [-0.3, -0.25) is 0 Å². The fourth-order valence-corrected chi connectivity index (χ4v) is 2.11. The lowest BCUT2D eigenvalue weighted by Crippen LogP contribution is -2.07. The van der Waals surface area contributed by atoms with Gasteiger partial charge in [0.1, 0.15) is 5.75 Å². The molecule has 0 spiro atoms. The highest BCUT2D eigenvalue weighted by molar-refractivity contribution is 6.30. The van der Waals surface area contributed by atoms with Crippen LogP contribution in [0.25, 0.3) is 0 Å². The molecule has 0 aliphatic carbocycles. The normalized spacial score (nSPS) is 10.5. The summed E-state index contributed by atoms with van der Waals surface area (Å²) in [4.78, 5) is 4.18. The number of rotatable bonds is 6. The molecule has 0 bridgehead atoms. The van der Waals surface area contributed by atoms with Gasteiger partial charge in [0.2, 0.25) is 0 Å². The molecule has 0 unspecified atom stereocenters. The van der Waals surface area contributed by atoms with E-state index in [0.717, 1.165) is 30.1 Å². The van der Waals surface area contributed by atoms with Crippen LogP contribution in [-0.2, 0) is 13.1 Å². The Labute approximate surface area is 118 Å². The first-order chi connectivity index (χ1) is 9.24. The minimum absolute atomic E-state index is 0.686. The summed E-state index contributed by atoms with van der Waals surface area (Å²) in [6.07, 6.45) is 4.82. The number of hydrogen-bond acceptors (Lipinski definition) is 3. The molecule has 0 radical (unpaired) electrons. The maximum atomic E-state index is 6.00. The fraction of sp³-hybridized carbons (Fsp3) is 0.357. The first-order valence-electron chi connectivity index (χ1n) is 6.31. The Bertz CT molecular complexity index is 539. The van der Waals surface area contributed by atoms with Crippen molar-refractivity contribution in [1.29, 1.82) is 0 Å². The molecular formula is C14H18ClN3O. The van der Waals surface area contributed by atoms with Crippen LogP contribution in [0, 0.1) is 0 Å². The number of aryl methyl sites for hydroxylation is 1. The molecule has 1 aromatic carbocycles. The summed E-state index contributed by atoms with van der Waals surface area (Å²) >= 11 is 6.00. The summed E-state index contributed by atoms with van der Waals surface area (Å²) in [6, 6.07) is 5.53. The van der Waals surface area contributed by atoms with Gasteiger partial charge in [-0.25, -0.2) is 4.98 Å². The highest BCUT2D eigenvalue weighted by Gasteiger charge is 2.05. The lowest BCUT2D eigenvalue weighted by Gasteiger charge is -2.12. The van der Waals surface area contributed by atoms with Gasteiger partial charge in [-0.1, -0.05) is 18.5 Å². The van der Waals surface area contributed by atoms with Gasteiger partial charge in [-0.05, 0) is 24.6 Å². The zero-order chi connectivity index (χ0) is 13.7. The second-order valence-corrected chi connectivity index (χ2v) is 4.71. The number of aromatic nitrogens is 2. The van der Waals surface area contributed by atoms with E-state index in [1.54, 1.807) is 7.11 Å². The molecule has 4 nitrogen and oxygen atoms in total. The molecule has 102 valence electrons. The number of nitrogens with one attached hydrogen (secondary N) is 1. The second kappa shape index (κ2) is 6.48. The number of imidazole rings is 1. The predicted octanol–water partition coefficient (Wildman–Crippen LogP) is 3.57. The van der Waals surface area contributed by atoms with E-state index < -0.39 is 0 Å². The number of ether oxygens (including phenoxy) is 1. The van der Waals surface area contributed by atoms with Gasteiger partial charge < -0.3 is 14.6 Å². The summed E-state index contributed by atoms with van der Waals surface area (Å²) in [5.74, 6) is 0.783. The van der Waals surface area contributed by atoms with Gasteiger partial charge in [0.05, 0.1) is 31.4 Å². The molecule has 0 aliphatic rings. The average molecular weight is 280 g/mol. The maximum absolute atomic E-state index is 6.00. The minimum atomic E-state index is 0.686. The van der Waals surface area contributed by atoms with E-state index in [1.165, 1.54) is 0 Å². The van der Waals surface area contributed by atoms with Gasteiger partial charge in [0, 0.05) is 17.8 Å². The number of halogens is 1. The maximum Gasteiger partial charge on any atom is 0.142 e. The highest BCUT2D eigenvalue weighted by atomic mass is 35.5. The summed E-state index contributed by atoms with van der Waals surface area (Å²) < 4.78 is 7.45. The molecule has 0 atom stereocenters. The molecule has 0 fully saturated rings. The second-order valence-electron chi connectivity index (χ2n) is 4.28. The number of nitrogens with zero attached hydrogens (tertiary/aromatic N) is 2. The van der Waals surface area contributed by atoms with Gasteiger partial charge in [-0.2, -0.15) is 0 Å². The molecule has 0 saturated heterocycles. The molecule has 5 heteroatoms. The first kappa shape index (κ1) is 13.7. The van der Waals surface area contributed by atoms with E-state index in [2.05, 4.69) is 21.8 Å². The Morgan fingerprint density at radius 1 is 1.42 bits per heavy atom. The van der Waals surface area contributed by atoms with Crippen molar-refractivity contribution in [3.05, 3.63) is 41.4 Å². The molecule has 2 rings (SSSR count). The van der Waals surface area contributed by atoms with Crippen LogP contribution in [0.3, 0.4) is 0 Å². The van der Waals surface area contributed by atoms with Gasteiger partial charge in [0.15, 0.2) is 0 Å². The van der Waals surface area contributed by atoms with Crippen molar-refractivity contribution in [1.82, 2.24) is 9.55 Å². The SMILES string of the molecule is CCCn1cncc1CNc1cc(Cl)ccc1OC. The van der Waals surface area contributed by atoms with Gasteiger partial charge in [-0.15, -0.1) is 0 Å². The Kier molecular flexibility index (Phi) is 4.68. The average Bonchev–Trinajstić information content (AvgIpc) is 2.84. The first-order valence-corrected chi connectivity index (χ1v) is 6.68. The Hall–Kier alpha value is -1.68. The fourth-order valence-electron chi connectivity index (χ4n) is 1.94. The largest absolute Gasteiger partial charge is 0.495 e. The van der Waals surface area contributed by atoms with Crippen LogP contribution in [-0.4, -0.2) is 16.7 Å². The van der Waals surface area contributed by atoms with E-state index in [4.69, 9.17) is 16.3 Å². The zero-order valence-corrected chi connectivity index (χ0v) is 11.9. The molecule has 0 amide bonds. The van der Waals surface area contributed by atoms with Crippen LogP contribution in [0.1, 0.15) is 19.0 Å². The Morgan fingerprint density at radius 2 is 2.26 bits per heavy atom. The van der Waals surface area contributed by atoms with Crippen molar-refractivity contribution in [2.24, 2.45) is 0 Å². The van der Waals surface area contributed by atoms with Crippen molar-refractivity contribution in [2.45, 2.75) is 26.4 Å². The molecular weight excluding hydrogens is 262 g/mol. The number of hydrogen-bond donors (Lipinski definition) is 1. The predicted molar refractivity (Wildman–Crippen MR) is 77.8 cm³/mol. The molecule has 0 saturated carbocycles.